The van der Waals surface area contributed by atoms with Crippen LogP contribution in [0.4, 0.5) is 13.2 Å². The molecular formula is C18H15F3NO4+. The van der Waals surface area contributed by atoms with E-state index >= 15 is 0 Å². The van der Waals surface area contributed by atoms with Crippen LogP contribution in [0.15, 0.2) is 47.2 Å². The quantitative estimate of drug-likeness (QED) is 0.655. The SMILES string of the molecule is CC1=CC2=[N+](C(C)c3cccc(C(F)(F)F)c3)OC1=C(C(=O)C(=O)O)C2. The minimum atomic E-state index is -4.45. The summed E-state index contributed by atoms with van der Waals surface area (Å²) in [6, 6.07) is 4.35. The summed E-state index contributed by atoms with van der Waals surface area (Å²) in [7, 11) is 0. The Morgan fingerprint density at radius 1 is 1.31 bits per heavy atom. The molecule has 1 unspecified atom stereocenters. The Morgan fingerprint density at radius 3 is 2.58 bits per heavy atom. The summed E-state index contributed by atoms with van der Waals surface area (Å²) < 4.78 is 40.2. The van der Waals surface area contributed by atoms with Crippen molar-refractivity contribution in [1.82, 2.24) is 0 Å². The van der Waals surface area contributed by atoms with Gasteiger partial charge < -0.3 is 5.11 Å². The molecular weight excluding hydrogens is 351 g/mol. The maximum absolute atomic E-state index is 12.9. The number of hydroxylamine groups is 1. The Bertz CT molecular complexity index is 909. The fourth-order valence-corrected chi connectivity index (χ4v) is 3.04. The van der Waals surface area contributed by atoms with E-state index in [-0.39, 0.29) is 17.8 Å². The van der Waals surface area contributed by atoms with Crippen LogP contribution in [0.25, 0.3) is 0 Å². The Kier molecular flexibility index (Phi) is 4.21. The van der Waals surface area contributed by atoms with E-state index in [1.54, 1.807) is 26.0 Å². The van der Waals surface area contributed by atoms with Gasteiger partial charge in [-0.05, 0) is 23.8 Å². The molecule has 1 N–H and O–H groups in total. The van der Waals surface area contributed by atoms with Crippen LogP contribution in [-0.2, 0) is 20.6 Å². The van der Waals surface area contributed by atoms with E-state index in [0.29, 0.717) is 16.8 Å². The first-order valence-corrected chi connectivity index (χ1v) is 7.79. The molecule has 3 aliphatic rings. The van der Waals surface area contributed by atoms with Gasteiger partial charge in [-0.25, -0.2) is 9.63 Å². The summed E-state index contributed by atoms with van der Waals surface area (Å²) in [4.78, 5) is 28.4. The van der Waals surface area contributed by atoms with Crippen molar-refractivity contribution in [3.05, 3.63) is 58.4 Å². The van der Waals surface area contributed by atoms with Crippen molar-refractivity contribution in [3.8, 4) is 0 Å². The average molecular weight is 366 g/mol. The minimum Gasteiger partial charge on any atom is -0.475 e. The summed E-state index contributed by atoms with van der Waals surface area (Å²) in [6.45, 7) is 3.35. The molecule has 1 aromatic carbocycles. The summed E-state index contributed by atoms with van der Waals surface area (Å²) in [5.74, 6) is -2.47. The van der Waals surface area contributed by atoms with E-state index < -0.39 is 29.5 Å². The van der Waals surface area contributed by atoms with Gasteiger partial charge in [-0.1, -0.05) is 12.1 Å². The highest BCUT2D eigenvalue weighted by molar-refractivity contribution is 6.40. The zero-order chi connectivity index (χ0) is 19.2. The molecule has 0 saturated heterocycles. The normalized spacial score (nSPS) is 17.8. The number of hydrogen-bond donors (Lipinski definition) is 1. The van der Waals surface area contributed by atoms with E-state index in [4.69, 9.17) is 9.94 Å². The number of hydrogen-bond acceptors (Lipinski definition) is 3. The number of rotatable bonds is 4. The van der Waals surface area contributed by atoms with Crippen molar-refractivity contribution in [3.63, 3.8) is 0 Å². The number of halogens is 3. The van der Waals surface area contributed by atoms with Crippen molar-refractivity contribution >= 4 is 17.5 Å². The van der Waals surface area contributed by atoms with Crippen LogP contribution in [0, 0.1) is 0 Å². The number of allylic oxidation sites excluding steroid dienone is 2. The Labute approximate surface area is 146 Å². The predicted molar refractivity (Wildman–Crippen MR) is 84.3 cm³/mol. The number of Topliss-reactive ketones (excluding diaryl/α,β-unsaturated/α-hetero) is 1. The minimum absolute atomic E-state index is 0.0417. The molecule has 0 radical (unpaired) electrons. The van der Waals surface area contributed by atoms with Gasteiger partial charge in [0.15, 0.2) is 0 Å². The van der Waals surface area contributed by atoms with Gasteiger partial charge in [0.1, 0.15) is 0 Å². The van der Waals surface area contributed by atoms with Crippen LogP contribution in [0.3, 0.4) is 0 Å². The molecule has 1 atom stereocenters. The second kappa shape index (κ2) is 6.12. The number of fused-ring (bicyclic) bond motifs is 2. The second-order valence-corrected chi connectivity index (χ2v) is 6.15. The average Bonchev–Trinajstić information content (AvgIpc) is 2.59. The monoisotopic (exact) mass is 366 g/mol. The molecule has 1 aliphatic carbocycles. The first-order valence-electron chi connectivity index (χ1n) is 7.79. The molecule has 1 aromatic rings. The highest BCUT2D eigenvalue weighted by Gasteiger charge is 2.42. The van der Waals surface area contributed by atoms with Crippen LogP contribution in [-0.4, -0.2) is 27.3 Å². The molecule has 0 spiro atoms. The summed E-state index contributed by atoms with van der Waals surface area (Å²) in [6.07, 6.45) is -2.66. The second-order valence-electron chi connectivity index (χ2n) is 6.15. The number of carboxylic acids is 1. The molecule has 0 fully saturated rings. The summed E-state index contributed by atoms with van der Waals surface area (Å²) >= 11 is 0. The molecule has 0 saturated carbocycles. The van der Waals surface area contributed by atoms with Gasteiger partial charge in [0.2, 0.25) is 17.5 Å². The third-order valence-electron chi connectivity index (χ3n) is 4.36. The van der Waals surface area contributed by atoms with Crippen LogP contribution >= 0.6 is 0 Å². The third-order valence-corrected chi connectivity index (χ3v) is 4.36. The Balaban J connectivity index is 1.97. The fraction of sp³-hybridized carbons (Fsp3) is 0.278. The number of nitrogens with zero attached hydrogens (tertiary/aromatic N) is 1. The lowest BCUT2D eigenvalue weighted by molar-refractivity contribution is -0.803. The molecule has 2 aliphatic heterocycles. The number of carboxylic acid groups (broad SMARTS) is 1. The molecule has 5 nitrogen and oxygen atoms in total. The zero-order valence-electron chi connectivity index (χ0n) is 13.9. The summed E-state index contributed by atoms with van der Waals surface area (Å²) in [5, 5.41) is 8.92. The molecule has 4 rings (SSSR count). The van der Waals surface area contributed by atoms with Gasteiger partial charge in [0.05, 0.1) is 17.6 Å². The molecule has 0 amide bonds. The van der Waals surface area contributed by atoms with Crippen molar-refractivity contribution in [2.24, 2.45) is 0 Å². The highest BCUT2D eigenvalue weighted by atomic mass is 19.4. The molecule has 0 aromatic heterocycles. The maximum Gasteiger partial charge on any atom is 0.416 e. The lowest BCUT2D eigenvalue weighted by Crippen LogP contribution is -2.35. The topological polar surface area (TPSA) is 66.6 Å². The van der Waals surface area contributed by atoms with E-state index in [1.807, 2.05) is 0 Å². The van der Waals surface area contributed by atoms with E-state index in [0.717, 1.165) is 12.1 Å². The number of benzene rings is 1. The fourth-order valence-electron chi connectivity index (χ4n) is 3.04. The van der Waals surface area contributed by atoms with Crippen molar-refractivity contribution < 1.29 is 37.4 Å². The van der Waals surface area contributed by atoms with Crippen molar-refractivity contribution in [2.45, 2.75) is 32.5 Å². The van der Waals surface area contributed by atoms with Gasteiger partial charge in [0, 0.05) is 24.1 Å². The molecule has 136 valence electrons. The standard InChI is InChI=1S/C18H14F3NO4/c1-9-6-13-8-14(15(23)17(24)25)16(9)26-22(13)10(2)11-4-3-5-12(7-11)18(19,20)21/h3-7,10H,8H2,1-2H3/p+1. The molecule has 26 heavy (non-hydrogen) atoms. The van der Waals surface area contributed by atoms with Crippen LogP contribution in [0.1, 0.15) is 37.4 Å². The van der Waals surface area contributed by atoms with Crippen molar-refractivity contribution in [1.29, 1.82) is 0 Å². The molecule has 8 heteroatoms. The van der Waals surface area contributed by atoms with E-state index in [9.17, 15) is 22.8 Å². The van der Waals surface area contributed by atoms with Gasteiger partial charge in [-0.15, -0.1) is 0 Å². The first-order chi connectivity index (χ1) is 12.1. The number of carbonyl (C=O) groups is 2. The Morgan fingerprint density at radius 2 is 2.00 bits per heavy atom. The lowest BCUT2D eigenvalue weighted by atomic mass is 9.92. The van der Waals surface area contributed by atoms with Crippen LogP contribution in [0.5, 0.6) is 0 Å². The van der Waals surface area contributed by atoms with Crippen molar-refractivity contribution in [2.75, 3.05) is 0 Å². The highest BCUT2D eigenvalue weighted by Crippen LogP contribution is 2.35. The van der Waals surface area contributed by atoms with Gasteiger partial charge in [-0.2, -0.15) is 13.2 Å². The summed E-state index contributed by atoms with van der Waals surface area (Å²) in [5.41, 5.74) is 0.787. The number of ketones is 1. The zero-order valence-corrected chi connectivity index (χ0v) is 13.9. The molecule has 2 heterocycles. The lowest BCUT2D eigenvalue weighted by Gasteiger charge is -2.24. The largest absolute Gasteiger partial charge is 0.475 e. The first kappa shape index (κ1) is 17.9. The van der Waals surface area contributed by atoms with Gasteiger partial charge in [0.25, 0.3) is 5.78 Å². The van der Waals surface area contributed by atoms with E-state index in [1.165, 1.54) is 10.8 Å². The number of aliphatic carboxylic acids is 1. The Hall–Kier alpha value is -2.90. The van der Waals surface area contributed by atoms with Gasteiger partial charge >= 0.3 is 12.1 Å². The maximum atomic E-state index is 12.9. The predicted octanol–water partition coefficient (Wildman–Crippen LogP) is 3.42. The van der Waals surface area contributed by atoms with Crippen LogP contribution < -0.4 is 0 Å². The number of carbonyl (C=O) groups excluding carboxylic acids is 1. The number of alkyl halides is 3. The smallest absolute Gasteiger partial charge is 0.416 e. The van der Waals surface area contributed by atoms with Crippen LogP contribution in [0.2, 0.25) is 0 Å². The molecule has 2 bridgehead atoms. The van der Waals surface area contributed by atoms with Gasteiger partial charge in [-0.3, -0.25) is 4.79 Å². The van der Waals surface area contributed by atoms with E-state index in [2.05, 4.69) is 0 Å². The third kappa shape index (κ3) is 3.02.